The van der Waals surface area contributed by atoms with E-state index in [4.69, 9.17) is 9.72 Å². The van der Waals surface area contributed by atoms with Gasteiger partial charge >= 0.3 is 5.97 Å². The molecular formula is C21H24N2O3S2. The fraction of sp³-hybridized carbons (Fsp3) is 0.381. The number of rotatable bonds is 6. The van der Waals surface area contributed by atoms with Crippen molar-refractivity contribution in [3.05, 3.63) is 56.7 Å². The van der Waals surface area contributed by atoms with Gasteiger partial charge in [-0.05, 0) is 45.7 Å². The second-order valence-electron chi connectivity index (χ2n) is 6.79. The lowest BCUT2D eigenvalue weighted by atomic mass is 10.1. The zero-order chi connectivity index (χ0) is 20.4. The Bertz CT molecular complexity index is 1050. The van der Waals surface area contributed by atoms with Gasteiger partial charge in [0.05, 0.1) is 12.0 Å². The van der Waals surface area contributed by atoms with Gasteiger partial charge in [-0.15, -0.1) is 11.3 Å². The molecule has 3 rings (SSSR count). The fourth-order valence-corrected chi connectivity index (χ4v) is 5.33. The summed E-state index contributed by atoms with van der Waals surface area (Å²) in [6, 6.07) is 9.39. The summed E-state index contributed by atoms with van der Waals surface area (Å²) in [6.07, 6.45) is 0. The number of hydrogen-bond acceptors (Lipinski definition) is 6. The topological polar surface area (TPSA) is 61.2 Å². The van der Waals surface area contributed by atoms with Gasteiger partial charge in [0.1, 0.15) is 10.1 Å². The highest BCUT2D eigenvalue weighted by Gasteiger charge is 2.27. The molecule has 28 heavy (non-hydrogen) atoms. The average Bonchev–Trinajstić information content (AvgIpc) is 2.94. The standard InChI is InChI=1S/C21H24N2O3S2/c1-6-26-20(25)17(15-10-8-7-9-11-15)28-21-22-18-16(13(4)14(5)27-18)19(24)23(21)12(2)3/h7-12,17H,6H2,1-5H3/t17-/m0/s1. The van der Waals surface area contributed by atoms with Crippen molar-refractivity contribution in [1.82, 2.24) is 9.55 Å². The van der Waals surface area contributed by atoms with E-state index in [9.17, 15) is 9.59 Å². The summed E-state index contributed by atoms with van der Waals surface area (Å²) in [6.45, 7) is 9.95. The van der Waals surface area contributed by atoms with Crippen LogP contribution in [0.25, 0.3) is 10.2 Å². The van der Waals surface area contributed by atoms with Crippen LogP contribution in [0.3, 0.4) is 0 Å². The van der Waals surface area contributed by atoms with Gasteiger partial charge in [-0.2, -0.15) is 0 Å². The molecule has 1 atom stereocenters. The molecule has 0 fully saturated rings. The predicted octanol–water partition coefficient (Wildman–Crippen LogP) is 5.05. The summed E-state index contributed by atoms with van der Waals surface area (Å²) in [7, 11) is 0. The van der Waals surface area contributed by atoms with Crippen LogP contribution in [0.5, 0.6) is 0 Å². The molecule has 2 aromatic heterocycles. The van der Waals surface area contributed by atoms with E-state index in [-0.39, 0.29) is 17.6 Å². The summed E-state index contributed by atoms with van der Waals surface area (Å²) in [5.41, 5.74) is 1.75. The normalized spacial score (nSPS) is 12.5. The van der Waals surface area contributed by atoms with Crippen molar-refractivity contribution in [2.75, 3.05) is 6.61 Å². The van der Waals surface area contributed by atoms with Crippen molar-refractivity contribution in [2.24, 2.45) is 0 Å². The van der Waals surface area contributed by atoms with Gasteiger partial charge in [-0.3, -0.25) is 14.2 Å². The molecule has 0 aliphatic heterocycles. The average molecular weight is 417 g/mol. The van der Waals surface area contributed by atoms with Gasteiger partial charge in [0.2, 0.25) is 0 Å². The largest absolute Gasteiger partial charge is 0.465 e. The monoisotopic (exact) mass is 416 g/mol. The maximum atomic E-state index is 13.2. The number of aromatic nitrogens is 2. The molecule has 0 aliphatic rings. The number of carbonyl (C=O) groups is 1. The van der Waals surface area contributed by atoms with Crippen LogP contribution in [0.15, 0.2) is 40.3 Å². The number of esters is 1. The summed E-state index contributed by atoms with van der Waals surface area (Å²) in [5, 5.41) is 0.626. The van der Waals surface area contributed by atoms with Crippen molar-refractivity contribution in [3.8, 4) is 0 Å². The first-order chi connectivity index (χ1) is 13.3. The van der Waals surface area contributed by atoms with Crippen LogP contribution in [0.1, 0.15) is 48.1 Å². The molecule has 0 unspecified atom stereocenters. The number of fused-ring (bicyclic) bond motifs is 1. The number of hydrogen-bond donors (Lipinski definition) is 0. The number of thioether (sulfide) groups is 1. The van der Waals surface area contributed by atoms with E-state index >= 15 is 0 Å². The minimum atomic E-state index is -0.586. The van der Waals surface area contributed by atoms with Gasteiger partial charge in [-0.1, -0.05) is 42.1 Å². The molecule has 0 spiro atoms. The van der Waals surface area contributed by atoms with E-state index < -0.39 is 5.25 Å². The molecule has 0 saturated carbocycles. The smallest absolute Gasteiger partial charge is 0.324 e. The number of thiophene rings is 1. The maximum Gasteiger partial charge on any atom is 0.324 e. The molecule has 1 aromatic carbocycles. The zero-order valence-electron chi connectivity index (χ0n) is 16.7. The predicted molar refractivity (Wildman–Crippen MR) is 115 cm³/mol. The highest BCUT2D eigenvalue weighted by atomic mass is 32.2. The molecule has 0 N–H and O–H groups in total. The van der Waals surface area contributed by atoms with Crippen LogP contribution in [0.2, 0.25) is 0 Å². The van der Waals surface area contributed by atoms with Crippen LogP contribution in [-0.2, 0) is 9.53 Å². The van der Waals surface area contributed by atoms with Crippen LogP contribution < -0.4 is 5.56 Å². The van der Waals surface area contributed by atoms with Crippen molar-refractivity contribution < 1.29 is 9.53 Å². The summed E-state index contributed by atoms with van der Waals surface area (Å²) in [4.78, 5) is 32.5. The Morgan fingerprint density at radius 2 is 1.93 bits per heavy atom. The first-order valence-corrected chi connectivity index (χ1v) is 10.9. The van der Waals surface area contributed by atoms with E-state index in [1.54, 1.807) is 11.5 Å². The van der Waals surface area contributed by atoms with Gasteiger partial charge < -0.3 is 4.74 Å². The van der Waals surface area contributed by atoms with Crippen molar-refractivity contribution in [2.45, 2.75) is 51.1 Å². The van der Waals surface area contributed by atoms with E-state index in [2.05, 4.69) is 0 Å². The summed E-state index contributed by atoms with van der Waals surface area (Å²) >= 11 is 2.79. The molecule has 2 heterocycles. The molecule has 0 amide bonds. The quantitative estimate of drug-likeness (QED) is 0.320. The third-order valence-electron chi connectivity index (χ3n) is 4.55. The third kappa shape index (κ3) is 3.86. The van der Waals surface area contributed by atoms with Gasteiger partial charge in [-0.25, -0.2) is 4.98 Å². The van der Waals surface area contributed by atoms with Crippen molar-refractivity contribution in [3.63, 3.8) is 0 Å². The van der Waals surface area contributed by atoms with Gasteiger partial charge in [0, 0.05) is 10.9 Å². The molecule has 0 bridgehead atoms. The molecule has 3 aromatic rings. The number of nitrogens with zero attached hydrogens (tertiary/aromatic N) is 2. The molecule has 0 radical (unpaired) electrons. The highest BCUT2D eigenvalue weighted by Crippen LogP contribution is 2.37. The molecule has 0 saturated heterocycles. The number of ether oxygens (including phenoxy) is 1. The first kappa shape index (κ1) is 20.6. The van der Waals surface area contributed by atoms with E-state index in [1.165, 1.54) is 23.1 Å². The Kier molecular flexibility index (Phi) is 6.25. The van der Waals surface area contributed by atoms with Crippen LogP contribution in [-0.4, -0.2) is 22.1 Å². The fourth-order valence-electron chi connectivity index (χ4n) is 3.03. The molecule has 7 heteroatoms. The van der Waals surface area contributed by atoms with E-state index in [1.807, 2.05) is 58.0 Å². The van der Waals surface area contributed by atoms with E-state index in [0.29, 0.717) is 17.1 Å². The second-order valence-corrected chi connectivity index (χ2v) is 9.06. The summed E-state index contributed by atoms with van der Waals surface area (Å²) in [5.74, 6) is -0.332. The molecular weight excluding hydrogens is 392 g/mol. The first-order valence-electron chi connectivity index (χ1n) is 9.25. The van der Waals surface area contributed by atoms with E-state index in [0.717, 1.165) is 20.8 Å². The Labute approximate surface area is 172 Å². The SMILES string of the molecule is CCOC(=O)[C@@H](Sc1nc2sc(C)c(C)c2c(=O)n1C(C)C)c1ccccc1. The molecule has 148 valence electrons. The Balaban J connectivity index is 2.16. The Hall–Kier alpha value is -2.12. The van der Waals surface area contributed by atoms with Gasteiger partial charge in [0.25, 0.3) is 5.56 Å². The highest BCUT2D eigenvalue weighted by molar-refractivity contribution is 8.00. The number of benzene rings is 1. The molecule has 5 nitrogen and oxygen atoms in total. The minimum absolute atomic E-state index is 0.0555. The lowest BCUT2D eigenvalue weighted by Crippen LogP contribution is -2.26. The minimum Gasteiger partial charge on any atom is -0.465 e. The second kappa shape index (κ2) is 8.49. The van der Waals surface area contributed by atoms with Crippen LogP contribution in [0, 0.1) is 13.8 Å². The number of aryl methyl sites for hydroxylation is 2. The van der Waals surface area contributed by atoms with Crippen LogP contribution in [0.4, 0.5) is 0 Å². The maximum absolute atomic E-state index is 13.2. The molecule has 0 aliphatic carbocycles. The summed E-state index contributed by atoms with van der Waals surface area (Å²) < 4.78 is 6.98. The van der Waals surface area contributed by atoms with Gasteiger partial charge in [0.15, 0.2) is 5.16 Å². The Morgan fingerprint density at radius 1 is 1.25 bits per heavy atom. The number of carbonyl (C=O) groups excluding carboxylic acids is 1. The van der Waals surface area contributed by atoms with Crippen molar-refractivity contribution >= 4 is 39.3 Å². The van der Waals surface area contributed by atoms with Crippen molar-refractivity contribution in [1.29, 1.82) is 0 Å². The van der Waals surface area contributed by atoms with Crippen LogP contribution >= 0.6 is 23.1 Å². The Morgan fingerprint density at radius 3 is 2.54 bits per heavy atom. The lowest BCUT2D eigenvalue weighted by Gasteiger charge is -2.20. The zero-order valence-corrected chi connectivity index (χ0v) is 18.3. The lowest BCUT2D eigenvalue weighted by molar-refractivity contribution is -0.142. The third-order valence-corrected chi connectivity index (χ3v) is 6.85.